The van der Waals surface area contributed by atoms with Crippen molar-refractivity contribution < 1.29 is 19.1 Å². The third kappa shape index (κ3) is 3.57. The van der Waals surface area contributed by atoms with Gasteiger partial charge < -0.3 is 19.6 Å². The Hall–Kier alpha value is -1.66. The van der Waals surface area contributed by atoms with Crippen molar-refractivity contribution in [2.24, 2.45) is 28.6 Å². The fourth-order valence-electron chi connectivity index (χ4n) is 9.53. The van der Waals surface area contributed by atoms with Crippen LogP contribution in [0.25, 0.3) is 0 Å². The smallest absolute Gasteiger partial charge is 0.335 e. The van der Waals surface area contributed by atoms with Gasteiger partial charge in [-0.1, -0.05) is 13.8 Å². The molecule has 9 atom stereocenters. The highest BCUT2D eigenvalue weighted by Gasteiger charge is 2.67. The molecule has 2 heterocycles. The van der Waals surface area contributed by atoms with Crippen molar-refractivity contribution in [3.8, 4) is 0 Å². The number of hydrogen-bond donors (Lipinski definition) is 2. The number of carbonyl (C=O) groups excluding carboxylic acids is 1. The Morgan fingerprint density at radius 3 is 2.66 bits per heavy atom. The van der Waals surface area contributed by atoms with Crippen LogP contribution in [-0.4, -0.2) is 35.4 Å². The quantitative estimate of drug-likeness (QED) is 0.614. The van der Waals surface area contributed by atoms with Gasteiger partial charge in [0.05, 0.1) is 11.9 Å². The standard InChI is InChI=1S/C29H41NO5/c1-27-12-9-20(35-26(32)24-4-3-15-30-24)16-19(27)6-7-23-22(27)10-13-28(2)21(11-14-29(23,28)33)18-5-8-25(31)34-17-18/h5,8,17,19-24,30,33H,3-4,6-7,9-16H2,1-2H3/t19-,20+,21-,22+,23-,24+,27+,28-,29+/m1/s1. The van der Waals surface area contributed by atoms with E-state index in [1.54, 1.807) is 6.26 Å². The summed E-state index contributed by atoms with van der Waals surface area (Å²) in [5.41, 5.74) is 0.0652. The van der Waals surface area contributed by atoms with E-state index in [1.807, 2.05) is 6.07 Å². The predicted octanol–water partition coefficient (Wildman–Crippen LogP) is 4.54. The van der Waals surface area contributed by atoms with E-state index in [0.29, 0.717) is 17.8 Å². The van der Waals surface area contributed by atoms with Crippen LogP contribution in [0, 0.1) is 28.6 Å². The Morgan fingerprint density at radius 2 is 1.91 bits per heavy atom. The number of aliphatic hydroxyl groups is 1. The van der Waals surface area contributed by atoms with E-state index in [2.05, 4.69) is 19.2 Å². The summed E-state index contributed by atoms with van der Waals surface area (Å²) >= 11 is 0. The largest absolute Gasteiger partial charge is 0.461 e. The number of ether oxygens (including phenoxy) is 1. The minimum Gasteiger partial charge on any atom is -0.461 e. The van der Waals surface area contributed by atoms with Crippen molar-refractivity contribution in [1.29, 1.82) is 0 Å². The Balaban J connectivity index is 1.19. The van der Waals surface area contributed by atoms with Crippen LogP contribution in [0.5, 0.6) is 0 Å². The summed E-state index contributed by atoms with van der Waals surface area (Å²) in [5.74, 6) is 1.55. The fraction of sp³-hybridized carbons (Fsp3) is 0.793. The summed E-state index contributed by atoms with van der Waals surface area (Å²) in [6.45, 7) is 5.67. The van der Waals surface area contributed by atoms with E-state index in [-0.39, 0.29) is 40.5 Å². The van der Waals surface area contributed by atoms with Crippen LogP contribution in [-0.2, 0) is 9.53 Å². The number of hydrogen-bond acceptors (Lipinski definition) is 6. The zero-order valence-corrected chi connectivity index (χ0v) is 21.3. The van der Waals surface area contributed by atoms with Gasteiger partial charge in [-0.2, -0.15) is 0 Å². The molecule has 6 rings (SSSR count). The lowest BCUT2D eigenvalue weighted by Gasteiger charge is -2.63. The fourth-order valence-corrected chi connectivity index (χ4v) is 9.53. The molecule has 5 aliphatic rings. The van der Waals surface area contributed by atoms with Gasteiger partial charge in [-0.25, -0.2) is 4.79 Å². The van der Waals surface area contributed by atoms with Gasteiger partial charge in [-0.05, 0) is 118 Å². The van der Waals surface area contributed by atoms with E-state index < -0.39 is 5.60 Å². The monoisotopic (exact) mass is 483 g/mol. The molecule has 192 valence electrons. The van der Waals surface area contributed by atoms with Crippen LogP contribution in [0.2, 0.25) is 0 Å². The second-order valence-electron chi connectivity index (χ2n) is 12.8. The molecule has 6 heteroatoms. The summed E-state index contributed by atoms with van der Waals surface area (Å²) in [5, 5.41) is 15.7. The third-order valence-electron chi connectivity index (χ3n) is 11.6. The summed E-state index contributed by atoms with van der Waals surface area (Å²) in [6, 6.07) is 3.31. The van der Waals surface area contributed by atoms with Crippen molar-refractivity contribution >= 4 is 5.97 Å². The molecule has 4 saturated carbocycles. The van der Waals surface area contributed by atoms with Crippen molar-refractivity contribution in [2.75, 3.05) is 6.54 Å². The summed E-state index contributed by atoms with van der Waals surface area (Å²) in [6.07, 6.45) is 12.7. The maximum Gasteiger partial charge on any atom is 0.335 e. The maximum atomic E-state index is 12.6. The molecule has 0 radical (unpaired) electrons. The Labute approximate surface area is 208 Å². The van der Waals surface area contributed by atoms with Gasteiger partial charge >= 0.3 is 11.6 Å². The number of nitrogens with one attached hydrogen (secondary N) is 1. The molecule has 0 amide bonds. The van der Waals surface area contributed by atoms with E-state index in [4.69, 9.17) is 9.15 Å². The van der Waals surface area contributed by atoms with Crippen molar-refractivity contribution in [3.05, 3.63) is 34.4 Å². The molecule has 0 spiro atoms. The Bertz CT molecular complexity index is 1010. The minimum atomic E-state index is -0.678. The number of fused-ring (bicyclic) bond motifs is 5. The highest BCUT2D eigenvalue weighted by Crippen LogP contribution is 2.70. The summed E-state index contributed by atoms with van der Waals surface area (Å²) in [4.78, 5) is 24.1. The van der Waals surface area contributed by atoms with Crippen LogP contribution in [0.1, 0.15) is 96.0 Å². The van der Waals surface area contributed by atoms with Crippen LogP contribution in [0.15, 0.2) is 27.6 Å². The first-order valence-electron chi connectivity index (χ1n) is 14.0. The van der Waals surface area contributed by atoms with E-state index >= 15 is 0 Å². The van der Waals surface area contributed by atoms with Gasteiger partial charge in [-0.15, -0.1) is 0 Å². The first-order valence-corrected chi connectivity index (χ1v) is 14.0. The zero-order valence-electron chi connectivity index (χ0n) is 21.3. The van der Waals surface area contributed by atoms with Gasteiger partial charge in [0.15, 0.2) is 0 Å². The topological polar surface area (TPSA) is 88.8 Å². The third-order valence-corrected chi connectivity index (χ3v) is 11.6. The molecular formula is C29H41NO5. The van der Waals surface area contributed by atoms with Gasteiger partial charge in [0.25, 0.3) is 0 Å². The summed E-state index contributed by atoms with van der Waals surface area (Å²) < 4.78 is 11.2. The first kappa shape index (κ1) is 23.7. The molecule has 35 heavy (non-hydrogen) atoms. The molecular weight excluding hydrogens is 442 g/mol. The normalized spacial score (nSPS) is 46.9. The lowest BCUT2D eigenvalue weighted by molar-refractivity contribution is -0.207. The lowest BCUT2D eigenvalue weighted by atomic mass is 9.43. The molecule has 6 nitrogen and oxygen atoms in total. The van der Waals surface area contributed by atoms with Gasteiger partial charge in [-0.3, -0.25) is 4.79 Å². The molecule has 1 aliphatic heterocycles. The highest BCUT2D eigenvalue weighted by molar-refractivity contribution is 5.76. The second-order valence-corrected chi connectivity index (χ2v) is 12.8. The van der Waals surface area contributed by atoms with Crippen LogP contribution in [0.4, 0.5) is 0 Å². The van der Waals surface area contributed by atoms with E-state index in [0.717, 1.165) is 82.7 Å². The van der Waals surface area contributed by atoms with Crippen LogP contribution >= 0.6 is 0 Å². The molecule has 4 aliphatic carbocycles. The molecule has 0 unspecified atom stereocenters. The molecule has 1 saturated heterocycles. The van der Waals surface area contributed by atoms with Crippen molar-refractivity contribution in [2.45, 2.75) is 108 Å². The number of esters is 1. The predicted molar refractivity (Wildman–Crippen MR) is 132 cm³/mol. The summed E-state index contributed by atoms with van der Waals surface area (Å²) in [7, 11) is 0. The average molecular weight is 484 g/mol. The van der Waals surface area contributed by atoms with Crippen LogP contribution < -0.4 is 10.9 Å². The average Bonchev–Trinajstić information content (AvgIpc) is 3.47. The first-order chi connectivity index (χ1) is 16.7. The van der Waals surface area contributed by atoms with E-state index in [1.165, 1.54) is 6.07 Å². The molecule has 0 bridgehead atoms. The van der Waals surface area contributed by atoms with E-state index in [9.17, 15) is 14.7 Å². The number of rotatable bonds is 3. The SMILES string of the molecule is C[C@]12CC[C@H](OC(=O)[C@@H]3CCCN3)C[C@H]1CC[C@@H]1[C@@H]2CC[C@]2(C)[C@@H](c3ccc(=O)oc3)CC[C@]12O. The van der Waals surface area contributed by atoms with Gasteiger partial charge in [0.2, 0.25) is 0 Å². The highest BCUT2D eigenvalue weighted by atomic mass is 16.5. The Morgan fingerprint density at radius 1 is 1.06 bits per heavy atom. The van der Waals surface area contributed by atoms with Gasteiger partial charge in [0.1, 0.15) is 12.1 Å². The van der Waals surface area contributed by atoms with Crippen molar-refractivity contribution in [3.63, 3.8) is 0 Å². The minimum absolute atomic E-state index is 0.0417. The molecule has 0 aromatic carbocycles. The van der Waals surface area contributed by atoms with Gasteiger partial charge in [0, 0.05) is 11.5 Å². The number of carbonyl (C=O) groups is 1. The lowest BCUT2D eigenvalue weighted by Crippen LogP contribution is -2.62. The van der Waals surface area contributed by atoms with Crippen LogP contribution in [0.3, 0.4) is 0 Å². The maximum absolute atomic E-state index is 12.6. The molecule has 1 aromatic heterocycles. The molecule has 1 aromatic rings. The molecule has 5 fully saturated rings. The zero-order chi connectivity index (χ0) is 24.4. The van der Waals surface area contributed by atoms with Crippen molar-refractivity contribution in [1.82, 2.24) is 5.32 Å². The molecule has 2 N–H and O–H groups in total. The second kappa shape index (κ2) is 8.44. The Kier molecular flexibility index (Phi) is 5.72.